The van der Waals surface area contributed by atoms with Crippen LogP contribution in [0.1, 0.15) is 21.7 Å². The number of anilines is 2. The fourth-order valence-electron chi connectivity index (χ4n) is 3.01. The van der Waals surface area contributed by atoms with Crippen molar-refractivity contribution >= 4 is 40.3 Å². The van der Waals surface area contributed by atoms with Crippen molar-refractivity contribution in [1.82, 2.24) is 26.0 Å². The van der Waals surface area contributed by atoms with Gasteiger partial charge >= 0.3 is 0 Å². The second kappa shape index (κ2) is 8.37. The van der Waals surface area contributed by atoms with E-state index in [1.807, 2.05) is 66.7 Å². The van der Waals surface area contributed by atoms with Gasteiger partial charge in [-0.25, -0.2) is 5.43 Å². The molecule has 29 heavy (non-hydrogen) atoms. The number of hydrogen-bond acceptors (Lipinski definition) is 5. The lowest BCUT2D eigenvalue weighted by molar-refractivity contribution is 0.0939. The maximum Gasteiger partial charge on any atom is 0.267 e. The van der Waals surface area contributed by atoms with Crippen LogP contribution in [0.4, 0.5) is 11.4 Å². The molecule has 2 aromatic carbocycles. The Bertz CT molecular complexity index is 1170. The molecule has 7 nitrogen and oxygen atoms in total. The zero-order valence-corrected chi connectivity index (χ0v) is 15.8. The van der Waals surface area contributed by atoms with Crippen LogP contribution in [0.25, 0.3) is 23.1 Å². The molecule has 1 amide bonds. The van der Waals surface area contributed by atoms with Crippen LogP contribution in [-0.4, -0.2) is 28.1 Å². The molecular formula is C22H20N6O. The Morgan fingerprint density at radius 3 is 2.72 bits per heavy atom. The number of para-hydroxylation sites is 1. The maximum absolute atomic E-state index is 12.2. The largest absolute Gasteiger partial charge is 0.355 e. The summed E-state index contributed by atoms with van der Waals surface area (Å²) in [5, 5.41) is 11.8. The number of hydrogen-bond donors (Lipinski definition) is 4. The number of nitrogens with one attached hydrogen (secondary N) is 4. The molecule has 0 saturated carbocycles. The first kappa shape index (κ1) is 18.4. The number of aromatic amines is 1. The first-order valence-electron chi connectivity index (χ1n) is 9.15. The van der Waals surface area contributed by atoms with Crippen molar-refractivity contribution in [2.45, 2.75) is 0 Å². The van der Waals surface area contributed by atoms with E-state index in [2.05, 4.69) is 31.3 Å². The first-order chi connectivity index (χ1) is 14.2. The van der Waals surface area contributed by atoms with Crippen LogP contribution >= 0.6 is 0 Å². The van der Waals surface area contributed by atoms with E-state index in [1.165, 1.54) is 0 Å². The summed E-state index contributed by atoms with van der Waals surface area (Å²) in [6.45, 7) is 0. The minimum Gasteiger partial charge on any atom is -0.355 e. The summed E-state index contributed by atoms with van der Waals surface area (Å²) in [4.78, 5) is 16.5. The molecule has 7 heteroatoms. The molecule has 0 radical (unpaired) electrons. The molecule has 0 aliphatic heterocycles. The van der Waals surface area contributed by atoms with Crippen LogP contribution in [-0.2, 0) is 0 Å². The van der Waals surface area contributed by atoms with E-state index in [9.17, 15) is 4.79 Å². The van der Waals surface area contributed by atoms with Gasteiger partial charge in [-0.05, 0) is 54.6 Å². The van der Waals surface area contributed by atoms with Gasteiger partial charge < -0.3 is 5.32 Å². The third kappa shape index (κ3) is 4.15. The molecule has 144 valence electrons. The highest BCUT2D eigenvalue weighted by molar-refractivity contribution is 6.00. The predicted molar refractivity (Wildman–Crippen MR) is 116 cm³/mol. The molecule has 4 N–H and O–H groups in total. The minimum absolute atomic E-state index is 0.208. The van der Waals surface area contributed by atoms with Gasteiger partial charge in [0.25, 0.3) is 5.91 Å². The van der Waals surface area contributed by atoms with Gasteiger partial charge in [0.1, 0.15) is 0 Å². The SMILES string of the molecule is CNNC(=O)c1ccccc1Nc1ccc2c(/C=C/c3ccccn3)n[nH]c2c1. The number of benzene rings is 2. The number of fused-ring (bicyclic) bond motifs is 1. The van der Waals surface area contributed by atoms with Crippen LogP contribution < -0.4 is 16.2 Å². The van der Waals surface area contributed by atoms with E-state index in [0.29, 0.717) is 5.56 Å². The third-order valence-electron chi connectivity index (χ3n) is 4.38. The standard InChI is InChI=1S/C22H20N6O/c1-23-28-22(29)18-7-2-3-8-19(18)25-16-9-11-17-20(26-27-21(17)14-16)12-10-15-6-4-5-13-24-15/h2-14,23,25H,1H3,(H,26,27)(H,28,29)/b12-10+. The van der Waals surface area contributed by atoms with Gasteiger partial charge in [0.2, 0.25) is 0 Å². The Kier molecular flexibility index (Phi) is 5.31. The number of pyridine rings is 1. The van der Waals surface area contributed by atoms with E-state index in [-0.39, 0.29) is 5.91 Å². The number of carbonyl (C=O) groups excluding carboxylic acids is 1. The number of nitrogens with zero attached hydrogens (tertiary/aromatic N) is 2. The van der Waals surface area contributed by atoms with Crippen molar-refractivity contribution in [1.29, 1.82) is 0 Å². The topological polar surface area (TPSA) is 94.7 Å². The molecule has 0 fully saturated rings. The summed E-state index contributed by atoms with van der Waals surface area (Å²) in [6.07, 6.45) is 5.62. The van der Waals surface area contributed by atoms with Crippen molar-refractivity contribution in [2.75, 3.05) is 12.4 Å². The lowest BCUT2D eigenvalue weighted by Crippen LogP contribution is -2.34. The number of H-pyrrole nitrogens is 1. The molecule has 0 aliphatic carbocycles. The Labute approximate surface area is 167 Å². The van der Waals surface area contributed by atoms with E-state index in [0.717, 1.165) is 33.7 Å². The highest BCUT2D eigenvalue weighted by Crippen LogP contribution is 2.25. The van der Waals surface area contributed by atoms with Crippen molar-refractivity contribution in [2.24, 2.45) is 0 Å². The van der Waals surface area contributed by atoms with E-state index in [4.69, 9.17) is 0 Å². The highest BCUT2D eigenvalue weighted by Gasteiger charge is 2.11. The first-order valence-corrected chi connectivity index (χ1v) is 9.15. The molecule has 0 bridgehead atoms. The van der Waals surface area contributed by atoms with Crippen LogP contribution in [0, 0.1) is 0 Å². The van der Waals surface area contributed by atoms with Gasteiger partial charge in [0.15, 0.2) is 0 Å². The molecule has 0 aliphatic rings. The smallest absolute Gasteiger partial charge is 0.267 e. The second-order valence-corrected chi connectivity index (χ2v) is 6.33. The molecule has 2 heterocycles. The predicted octanol–water partition coefficient (Wildman–Crippen LogP) is 3.74. The Morgan fingerprint density at radius 2 is 1.90 bits per heavy atom. The summed E-state index contributed by atoms with van der Waals surface area (Å²) in [5.74, 6) is -0.208. The molecule has 0 saturated heterocycles. The lowest BCUT2D eigenvalue weighted by Gasteiger charge is -2.12. The number of carbonyl (C=O) groups is 1. The fraction of sp³-hybridized carbons (Fsp3) is 0.0455. The molecule has 0 unspecified atom stereocenters. The number of hydrazine groups is 1. The monoisotopic (exact) mass is 384 g/mol. The molecule has 4 aromatic rings. The summed E-state index contributed by atoms with van der Waals surface area (Å²) in [5.41, 5.74) is 9.97. The number of aromatic nitrogens is 3. The zero-order valence-electron chi connectivity index (χ0n) is 15.8. The van der Waals surface area contributed by atoms with Crippen molar-refractivity contribution < 1.29 is 4.79 Å². The van der Waals surface area contributed by atoms with Crippen LogP contribution in [0.5, 0.6) is 0 Å². The summed E-state index contributed by atoms with van der Waals surface area (Å²) in [7, 11) is 1.65. The Morgan fingerprint density at radius 1 is 1.03 bits per heavy atom. The van der Waals surface area contributed by atoms with Gasteiger partial charge in [0.05, 0.1) is 28.2 Å². The van der Waals surface area contributed by atoms with Crippen LogP contribution in [0.15, 0.2) is 66.9 Å². The number of rotatable bonds is 6. The average Bonchev–Trinajstić information content (AvgIpc) is 3.16. The van der Waals surface area contributed by atoms with Gasteiger partial charge in [0, 0.05) is 24.3 Å². The minimum atomic E-state index is -0.208. The van der Waals surface area contributed by atoms with E-state index in [1.54, 1.807) is 19.3 Å². The average molecular weight is 384 g/mol. The summed E-state index contributed by atoms with van der Waals surface area (Å²) in [6, 6.07) is 19.0. The van der Waals surface area contributed by atoms with Gasteiger partial charge in [-0.2, -0.15) is 5.10 Å². The molecule has 4 rings (SSSR count). The maximum atomic E-state index is 12.2. The summed E-state index contributed by atoms with van der Waals surface area (Å²) >= 11 is 0. The van der Waals surface area contributed by atoms with E-state index < -0.39 is 0 Å². The van der Waals surface area contributed by atoms with Crippen molar-refractivity contribution in [3.05, 3.63) is 83.8 Å². The van der Waals surface area contributed by atoms with Crippen molar-refractivity contribution in [3.63, 3.8) is 0 Å². The highest BCUT2D eigenvalue weighted by atomic mass is 16.2. The normalized spacial score (nSPS) is 11.1. The van der Waals surface area contributed by atoms with Crippen LogP contribution in [0.3, 0.4) is 0 Å². The second-order valence-electron chi connectivity index (χ2n) is 6.33. The zero-order chi connectivity index (χ0) is 20.1. The fourth-order valence-corrected chi connectivity index (χ4v) is 3.01. The Hall–Kier alpha value is -3.97. The molecule has 0 atom stereocenters. The van der Waals surface area contributed by atoms with Gasteiger partial charge in [-0.1, -0.05) is 18.2 Å². The molecular weight excluding hydrogens is 364 g/mol. The summed E-state index contributed by atoms with van der Waals surface area (Å²) < 4.78 is 0. The Balaban J connectivity index is 1.58. The molecule has 0 spiro atoms. The molecule has 2 aromatic heterocycles. The number of amides is 1. The third-order valence-corrected chi connectivity index (χ3v) is 4.38. The van der Waals surface area contributed by atoms with Crippen molar-refractivity contribution in [3.8, 4) is 0 Å². The quantitative estimate of drug-likeness (QED) is 0.380. The van der Waals surface area contributed by atoms with E-state index >= 15 is 0 Å². The van der Waals surface area contributed by atoms with Gasteiger partial charge in [-0.3, -0.25) is 20.3 Å². The lowest BCUT2D eigenvalue weighted by atomic mass is 10.1. The van der Waals surface area contributed by atoms with Crippen LogP contribution in [0.2, 0.25) is 0 Å². The van der Waals surface area contributed by atoms with Gasteiger partial charge in [-0.15, -0.1) is 0 Å².